The van der Waals surface area contributed by atoms with Gasteiger partial charge in [0.05, 0.1) is 5.41 Å². The highest BCUT2D eigenvalue weighted by Crippen LogP contribution is 2.37. The minimum atomic E-state index is -0.546. The fourth-order valence-corrected chi connectivity index (χ4v) is 5.53. The standard InChI is InChI=1S/C33H46O4/c1-6-31(2,3)30(34)35-29(25-13-17-27(18-14-25)36-32(4)21-9-7-10-22-32)26-15-19-28(20-16-26)37-33(5)23-11-8-12-24-33/h13-20,29H,6-12,21-24H2,1-5H3. The molecule has 0 bridgehead atoms. The summed E-state index contributed by atoms with van der Waals surface area (Å²) in [6, 6.07) is 16.2. The molecule has 4 nitrogen and oxygen atoms in total. The second-order valence-corrected chi connectivity index (χ2v) is 12.4. The number of carbonyl (C=O) groups excluding carboxylic acids is 1. The molecule has 0 aromatic heterocycles. The Morgan fingerprint density at radius 1 is 0.730 bits per heavy atom. The third-order valence-electron chi connectivity index (χ3n) is 8.58. The van der Waals surface area contributed by atoms with Gasteiger partial charge in [-0.25, -0.2) is 0 Å². The van der Waals surface area contributed by atoms with Crippen molar-refractivity contribution >= 4 is 5.97 Å². The molecule has 2 aliphatic rings. The van der Waals surface area contributed by atoms with Gasteiger partial charge in [-0.3, -0.25) is 4.79 Å². The van der Waals surface area contributed by atoms with Gasteiger partial charge in [0.1, 0.15) is 22.7 Å². The highest BCUT2D eigenvalue weighted by Gasteiger charge is 2.32. The average molecular weight is 507 g/mol. The number of carbonyl (C=O) groups is 1. The molecule has 0 radical (unpaired) electrons. The van der Waals surface area contributed by atoms with E-state index in [0.29, 0.717) is 0 Å². The maximum absolute atomic E-state index is 13.1. The second kappa shape index (κ2) is 11.5. The third-order valence-corrected chi connectivity index (χ3v) is 8.58. The molecule has 2 fully saturated rings. The molecule has 37 heavy (non-hydrogen) atoms. The Hall–Kier alpha value is -2.49. The van der Waals surface area contributed by atoms with E-state index in [1.165, 1.54) is 38.5 Å². The normalized spacial score (nSPS) is 19.3. The lowest BCUT2D eigenvalue weighted by Gasteiger charge is -2.34. The maximum Gasteiger partial charge on any atom is 0.312 e. The van der Waals surface area contributed by atoms with Gasteiger partial charge in [0.15, 0.2) is 6.10 Å². The zero-order valence-electron chi connectivity index (χ0n) is 23.6. The zero-order valence-corrected chi connectivity index (χ0v) is 23.6. The number of benzene rings is 2. The number of esters is 1. The molecule has 0 saturated heterocycles. The summed E-state index contributed by atoms with van der Waals surface area (Å²) in [5, 5.41) is 0. The smallest absolute Gasteiger partial charge is 0.312 e. The summed E-state index contributed by atoms with van der Waals surface area (Å²) in [7, 11) is 0. The third kappa shape index (κ3) is 7.09. The van der Waals surface area contributed by atoms with Crippen molar-refractivity contribution < 1.29 is 19.0 Å². The summed E-state index contributed by atoms with van der Waals surface area (Å²) in [5.41, 5.74) is 1.14. The van der Waals surface area contributed by atoms with Crippen LogP contribution in [0.3, 0.4) is 0 Å². The van der Waals surface area contributed by atoms with Crippen LogP contribution in [0.4, 0.5) is 0 Å². The molecule has 2 aromatic carbocycles. The van der Waals surface area contributed by atoms with E-state index in [4.69, 9.17) is 14.2 Å². The molecular formula is C33H46O4. The summed E-state index contributed by atoms with van der Waals surface area (Å²) in [4.78, 5) is 13.1. The van der Waals surface area contributed by atoms with Gasteiger partial charge in [0, 0.05) is 0 Å². The van der Waals surface area contributed by atoms with Gasteiger partial charge >= 0.3 is 5.97 Å². The van der Waals surface area contributed by atoms with Gasteiger partial charge in [-0.15, -0.1) is 0 Å². The van der Waals surface area contributed by atoms with Crippen molar-refractivity contribution in [2.75, 3.05) is 0 Å². The summed E-state index contributed by atoms with van der Waals surface area (Å²) in [6.07, 6.45) is 12.1. The van der Waals surface area contributed by atoms with E-state index in [2.05, 4.69) is 13.8 Å². The van der Waals surface area contributed by atoms with Crippen LogP contribution in [0, 0.1) is 5.41 Å². The predicted octanol–water partition coefficient (Wildman–Crippen LogP) is 8.96. The molecule has 0 heterocycles. The molecular weight excluding hydrogens is 460 g/mol. The first-order valence-electron chi connectivity index (χ1n) is 14.4. The van der Waals surface area contributed by atoms with Crippen molar-refractivity contribution in [1.29, 1.82) is 0 Å². The van der Waals surface area contributed by atoms with E-state index >= 15 is 0 Å². The van der Waals surface area contributed by atoms with Crippen LogP contribution in [0.25, 0.3) is 0 Å². The molecule has 4 rings (SSSR count). The lowest BCUT2D eigenvalue weighted by Crippen LogP contribution is -2.34. The van der Waals surface area contributed by atoms with Gasteiger partial charge in [0.2, 0.25) is 0 Å². The van der Waals surface area contributed by atoms with Crippen molar-refractivity contribution in [2.24, 2.45) is 5.41 Å². The van der Waals surface area contributed by atoms with E-state index in [9.17, 15) is 4.79 Å². The molecule has 2 saturated carbocycles. The molecule has 2 aliphatic carbocycles. The molecule has 0 N–H and O–H groups in total. The number of hydrogen-bond donors (Lipinski definition) is 0. The zero-order chi connectivity index (χ0) is 26.5. The van der Waals surface area contributed by atoms with Crippen molar-refractivity contribution in [2.45, 2.75) is 123 Å². The molecule has 0 spiro atoms. The van der Waals surface area contributed by atoms with E-state index in [1.54, 1.807) is 0 Å². The molecule has 0 atom stereocenters. The Morgan fingerprint density at radius 3 is 1.46 bits per heavy atom. The Bertz CT molecular complexity index is 940. The largest absolute Gasteiger partial charge is 0.488 e. The van der Waals surface area contributed by atoms with Crippen LogP contribution in [0.2, 0.25) is 0 Å². The van der Waals surface area contributed by atoms with Crippen LogP contribution in [0.5, 0.6) is 11.5 Å². The SMILES string of the molecule is CCC(C)(C)C(=O)OC(c1ccc(OC2(C)CCCCC2)cc1)c1ccc(OC2(C)CCCCC2)cc1. The van der Waals surface area contributed by atoms with Crippen LogP contribution in [-0.2, 0) is 9.53 Å². The Morgan fingerprint density at radius 2 is 1.11 bits per heavy atom. The van der Waals surface area contributed by atoms with Gasteiger partial charge in [-0.2, -0.15) is 0 Å². The summed E-state index contributed by atoms with van der Waals surface area (Å²) >= 11 is 0. The quantitative estimate of drug-likeness (QED) is 0.318. The van der Waals surface area contributed by atoms with Crippen LogP contribution in [-0.4, -0.2) is 17.2 Å². The number of hydrogen-bond acceptors (Lipinski definition) is 4. The highest BCUT2D eigenvalue weighted by molar-refractivity contribution is 5.76. The Kier molecular flexibility index (Phi) is 8.56. The van der Waals surface area contributed by atoms with Crippen LogP contribution >= 0.6 is 0 Å². The Labute approximate surface area is 224 Å². The molecule has 4 heteroatoms. The predicted molar refractivity (Wildman–Crippen MR) is 149 cm³/mol. The Balaban J connectivity index is 1.54. The first-order chi connectivity index (χ1) is 17.6. The average Bonchev–Trinajstić information content (AvgIpc) is 2.88. The van der Waals surface area contributed by atoms with Crippen LogP contribution in [0.1, 0.15) is 122 Å². The molecule has 0 amide bonds. The van der Waals surface area contributed by atoms with Crippen molar-refractivity contribution in [1.82, 2.24) is 0 Å². The topological polar surface area (TPSA) is 44.8 Å². The fourth-order valence-electron chi connectivity index (χ4n) is 5.53. The van der Waals surface area contributed by atoms with Gasteiger partial charge < -0.3 is 14.2 Å². The highest BCUT2D eigenvalue weighted by atomic mass is 16.5. The minimum Gasteiger partial charge on any atom is -0.488 e. The lowest BCUT2D eigenvalue weighted by atomic mass is 9.86. The molecule has 202 valence electrons. The van der Waals surface area contributed by atoms with Crippen molar-refractivity contribution in [3.8, 4) is 11.5 Å². The maximum atomic E-state index is 13.1. The monoisotopic (exact) mass is 506 g/mol. The lowest BCUT2D eigenvalue weighted by molar-refractivity contribution is -0.158. The van der Waals surface area contributed by atoms with E-state index < -0.39 is 11.5 Å². The van der Waals surface area contributed by atoms with E-state index in [-0.39, 0.29) is 17.2 Å². The van der Waals surface area contributed by atoms with Crippen LogP contribution in [0.15, 0.2) is 48.5 Å². The first-order valence-corrected chi connectivity index (χ1v) is 14.4. The van der Waals surface area contributed by atoms with Crippen LogP contribution < -0.4 is 9.47 Å². The first kappa shape index (κ1) is 27.5. The number of ether oxygens (including phenoxy) is 3. The summed E-state index contributed by atoms with van der Waals surface area (Å²) in [5.74, 6) is 1.55. The van der Waals surface area contributed by atoms with Gasteiger partial charge in [0.25, 0.3) is 0 Å². The summed E-state index contributed by atoms with van der Waals surface area (Å²) < 4.78 is 19.0. The minimum absolute atomic E-state index is 0.0956. The van der Waals surface area contributed by atoms with Crippen molar-refractivity contribution in [3.05, 3.63) is 59.7 Å². The fraction of sp³-hybridized carbons (Fsp3) is 0.606. The summed E-state index contributed by atoms with van der Waals surface area (Å²) in [6.45, 7) is 10.3. The van der Waals surface area contributed by atoms with Crippen molar-refractivity contribution in [3.63, 3.8) is 0 Å². The second-order valence-electron chi connectivity index (χ2n) is 12.4. The molecule has 0 aliphatic heterocycles. The van der Waals surface area contributed by atoms with Gasteiger partial charge in [-0.1, -0.05) is 44.0 Å². The van der Waals surface area contributed by atoms with E-state index in [0.717, 1.165) is 54.7 Å². The molecule has 0 unspecified atom stereocenters. The van der Waals surface area contributed by atoms with Gasteiger partial charge in [-0.05, 0) is 121 Å². The van der Waals surface area contributed by atoms with E-state index in [1.807, 2.05) is 69.3 Å². The molecule has 2 aromatic rings. The number of rotatable bonds is 9.